The van der Waals surface area contributed by atoms with Crippen molar-refractivity contribution in [1.29, 1.82) is 0 Å². The standard InChI is InChI=1S/C23H24ClNO2/c1-17-6-8-18(9-7-17)14-25-15-19-10-11-22(23(13-19)26-2)27-16-20-4-3-5-21(24)12-20/h3-13,25H,14-16H2,1-2H3/p+1. The highest BCUT2D eigenvalue weighted by molar-refractivity contribution is 6.30. The summed E-state index contributed by atoms with van der Waals surface area (Å²) in [4.78, 5) is 0. The lowest BCUT2D eigenvalue weighted by atomic mass is 10.1. The fourth-order valence-corrected chi connectivity index (χ4v) is 3.09. The lowest BCUT2D eigenvalue weighted by molar-refractivity contribution is -0.686. The Bertz CT molecular complexity index is 878. The average Bonchev–Trinajstić information content (AvgIpc) is 2.68. The maximum absolute atomic E-state index is 6.02. The summed E-state index contributed by atoms with van der Waals surface area (Å²) in [5.41, 5.74) is 4.85. The van der Waals surface area contributed by atoms with Gasteiger partial charge in [-0.3, -0.25) is 0 Å². The first-order valence-corrected chi connectivity index (χ1v) is 9.43. The van der Waals surface area contributed by atoms with Gasteiger partial charge in [0.1, 0.15) is 19.7 Å². The number of quaternary nitrogens is 1. The summed E-state index contributed by atoms with van der Waals surface area (Å²) in [5, 5.41) is 2.99. The van der Waals surface area contributed by atoms with Crippen molar-refractivity contribution in [1.82, 2.24) is 0 Å². The Hall–Kier alpha value is -2.49. The number of benzene rings is 3. The van der Waals surface area contributed by atoms with Gasteiger partial charge in [0.15, 0.2) is 11.5 Å². The number of halogens is 1. The highest BCUT2D eigenvalue weighted by atomic mass is 35.5. The Kier molecular flexibility index (Phi) is 6.74. The van der Waals surface area contributed by atoms with Crippen LogP contribution < -0.4 is 14.8 Å². The third-order valence-electron chi connectivity index (χ3n) is 4.39. The van der Waals surface area contributed by atoms with Gasteiger partial charge >= 0.3 is 0 Å². The Morgan fingerprint density at radius 1 is 0.815 bits per heavy atom. The van der Waals surface area contributed by atoms with Gasteiger partial charge in [-0.25, -0.2) is 0 Å². The molecule has 3 rings (SSSR count). The normalized spacial score (nSPS) is 10.6. The molecule has 4 heteroatoms. The van der Waals surface area contributed by atoms with Crippen molar-refractivity contribution in [2.24, 2.45) is 0 Å². The quantitative estimate of drug-likeness (QED) is 0.622. The third kappa shape index (κ3) is 5.75. The van der Waals surface area contributed by atoms with Crippen molar-refractivity contribution in [2.45, 2.75) is 26.6 Å². The molecule has 2 N–H and O–H groups in total. The molecule has 0 saturated carbocycles. The van der Waals surface area contributed by atoms with Crippen LogP contribution in [0.25, 0.3) is 0 Å². The summed E-state index contributed by atoms with van der Waals surface area (Å²) < 4.78 is 11.4. The van der Waals surface area contributed by atoms with E-state index in [1.807, 2.05) is 36.4 Å². The number of ether oxygens (including phenoxy) is 2. The van der Waals surface area contributed by atoms with Crippen LogP contribution in [0.3, 0.4) is 0 Å². The molecule has 0 spiro atoms. The molecule has 0 unspecified atom stereocenters. The fourth-order valence-electron chi connectivity index (χ4n) is 2.88. The Morgan fingerprint density at radius 2 is 1.56 bits per heavy atom. The van der Waals surface area contributed by atoms with Crippen molar-refractivity contribution >= 4 is 11.6 Å². The minimum atomic E-state index is 0.454. The summed E-state index contributed by atoms with van der Waals surface area (Å²) >= 11 is 6.02. The third-order valence-corrected chi connectivity index (χ3v) is 4.63. The average molecular weight is 383 g/mol. The Balaban J connectivity index is 1.57. The van der Waals surface area contributed by atoms with Gasteiger partial charge in [-0.2, -0.15) is 0 Å². The number of aryl methyl sites for hydroxylation is 1. The van der Waals surface area contributed by atoms with Crippen molar-refractivity contribution < 1.29 is 14.8 Å². The summed E-state index contributed by atoms with van der Waals surface area (Å²) in [6.07, 6.45) is 0. The molecule has 0 aliphatic heterocycles. The van der Waals surface area contributed by atoms with Gasteiger partial charge in [-0.15, -0.1) is 0 Å². The predicted octanol–water partition coefficient (Wildman–Crippen LogP) is 4.50. The van der Waals surface area contributed by atoms with Crippen LogP contribution in [0, 0.1) is 6.92 Å². The van der Waals surface area contributed by atoms with E-state index in [4.69, 9.17) is 21.1 Å². The van der Waals surface area contributed by atoms with E-state index >= 15 is 0 Å². The SMILES string of the molecule is COc1cc(C[NH2+]Cc2ccc(C)cc2)ccc1OCc1cccc(Cl)c1. The molecule has 27 heavy (non-hydrogen) atoms. The van der Waals surface area contributed by atoms with Crippen molar-refractivity contribution in [3.63, 3.8) is 0 Å². The molecule has 0 aromatic heterocycles. The first-order chi connectivity index (χ1) is 13.1. The summed E-state index contributed by atoms with van der Waals surface area (Å²) in [6, 6.07) is 22.4. The number of methoxy groups -OCH3 is 1. The van der Waals surface area contributed by atoms with Crippen LogP contribution in [0.15, 0.2) is 66.7 Å². The van der Waals surface area contributed by atoms with Crippen LogP contribution in [0.4, 0.5) is 0 Å². The molecule has 0 aliphatic rings. The van der Waals surface area contributed by atoms with E-state index in [1.54, 1.807) is 7.11 Å². The molecule has 0 fully saturated rings. The van der Waals surface area contributed by atoms with E-state index in [0.29, 0.717) is 11.6 Å². The van der Waals surface area contributed by atoms with Crippen molar-refractivity contribution in [3.8, 4) is 11.5 Å². The van der Waals surface area contributed by atoms with E-state index in [-0.39, 0.29) is 0 Å². The molecule has 0 atom stereocenters. The van der Waals surface area contributed by atoms with Gasteiger partial charge in [0.25, 0.3) is 0 Å². The molecule has 0 radical (unpaired) electrons. The number of hydrogen-bond acceptors (Lipinski definition) is 2. The van der Waals surface area contributed by atoms with Crippen molar-refractivity contribution in [3.05, 3.63) is 94.0 Å². The van der Waals surface area contributed by atoms with Crippen molar-refractivity contribution in [2.75, 3.05) is 7.11 Å². The highest BCUT2D eigenvalue weighted by Gasteiger charge is 2.08. The molecular formula is C23H25ClNO2+. The van der Waals surface area contributed by atoms with Crippen LogP contribution in [-0.4, -0.2) is 7.11 Å². The summed E-state index contributed by atoms with van der Waals surface area (Å²) in [6.45, 7) is 4.40. The van der Waals surface area contributed by atoms with Crippen LogP contribution in [0.1, 0.15) is 22.3 Å². The van der Waals surface area contributed by atoms with Gasteiger partial charge in [-0.05, 0) is 42.8 Å². The first-order valence-electron chi connectivity index (χ1n) is 9.05. The van der Waals surface area contributed by atoms with E-state index in [1.165, 1.54) is 16.7 Å². The second-order valence-electron chi connectivity index (χ2n) is 6.59. The molecule has 3 aromatic carbocycles. The smallest absolute Gasteiger partial charge is 0.161 e. The monoisotopic (exact) mass is 382 g/mol. The van der Waals surface area contributed by atoms with Gasteiger partial charge in [-0.1, -0.05) is 53.6 Å². The van der Waals surface area contributed by atoms with Gasteiger partial charge < -0.3 is 14.8 Å². The maximum atomic E-state index is 6.02. The van der Waals surface area contributed by atoms with E-state index in [2.05, 4.69) is 42.6 Å². The number of rotatable bonds is 8. The molecule has 140 valence electrons. The second kappa shape index (κ2) is 9.45. The molecule has 0 heterocycles. The molecular weight excluding hydrogens is 358 g/mol. The molecule has 0 amide bonds. The molecule has 3 nitrogen and oxygen atoms in total. The minimum Gasteiger partial charge on any atom is -0.493 e. The zero-order valence-corrected chi connectivity index (χ0v) is 16.5. The topological polar surface area (TPSA) is 35.1 Å². The van der Waals surface area contributed by atoms with Crippen LogP contribution >= 0.6 is 11.6 Å². The Labute approximate surface area is 165 Å². The van der Waals surface area contributed by atoms with Crippen LogP contribution in [0.2, 0.25) is 5.02 Å². The minimum absolute atomic E-state index is 0.454. The zero-order valence-electron chi connectivity index (χ0n) is 15.7. The predicted molar refractivity (Wildman–Crippen MR) is 109 cm³/mol. The lowest BCUT2D eigenvalue weighted by Crippen LogP contribution is -2.80. The molecule has 3 aromatic rings. The van der Waals surface area contributed by atoms with Gasteiger partial charge in [0.2, 0.25) is 0 Å². The lowest BCUT2D eigenvalue weighted by Gasteiger charge is -2.12. The maximum Gasteiger partial charge on any atom is 0.161 e. The summed E-state index contributed by atoms with van der Waals surface area (Å²) in [7, 11) is 1.67. The molecule has 0 bridgehead atoms. The number of nitrogens with two attached hydrogens (primary N) is 1. The van der Waals surface area contributed by atoms with Crippen LogP contribution in [0.5, 0.6) is 11.5 Å². The summed E-state index contributed by atoms with van der Waals surface area (Å²) in [5.74, 6) is 1.48. The largest absolute Gasteiger partial charge is 0.493 e. The fraction of sp³-hybridized carbons (Fsp3) is 0.217. The Morgan fingerprint density at radius 3 is 2.30 bits per heavy atom. The highest BCUT2D eigenvalue weighted by Crippen LogP contribution is 2.28. The van der Waals surface area contributed by atoms with Crippen LogP contribution in [-0.2, 0) is 19.7 Å². The van der Waals surface area contributed by atoms with E-state index in [0.717, 1.165) is 30.2 Å². The van der Waals surface area contributed by atoms with Gasteiger partial charge in [0, 0.05) is 16.1 Å². The van der Waals surface area contributed by atoms with Gasteiger partial charge in [0.05, 0.1) is 7.11 Å². The zero-order chi connectivity index (χ0) is 19.1. The molecule has 0 saturated heterocycles. The van der Waals surface area contributed by atoms with E-state index in [9.17, 15) is 0 Å². The molecule has 0 aliphatic carbocycles. The second-order valence-corrected chi connectivity index (χ2v) is 7.02. The number of hydrogen-bond donors (Lipinski definition) is 1. The van der Waals surface area contributed by atoms with E-state index < -0.39 is 0 Å². The first kappa shape index (κ1) is 19.3.